The van der Waals surface area contributed by atoms with Crippen molar-refractivity contribution in [3.63, 3.8) is 0 Å². The highest BCUT2D eigenvalue weighted by atomic mass is 16.1. The average Bonchev–Trinajstić information content (AvgIpc) is 2.13. The van der Waals surface area contributed by atoms with E-state index in [2.05, 4.69) is 33.0 Å². The molecular weight excluding hydrogens is 198 g/mol. The molecule has 0 saturated carbocycles. The van der Waals surface area contributed by atoms with Crippen LogP contribution in [0.2, 0.25) is 0 Å². The van der Waals surface area contributed by atoms with Crippen LogP contribution in [-0.4, -0.2) is 17.9 Å². The van der Waals surface area contributed by atoms with E-state index >= 15 is 0 Å². The van der Waals surface area contributed by atoms with Crippen LogP contribution in [0.25, 0.3) is 0 Å². The molecule has 0 aliphatic carbocycles. The lowest BCUT2D eigenvalue weighted by atomic mass is 9.95. The van der Waals surface area contributed by atoms with Crippen molar-refractivity contribution in [2.75, 3.05) is 0 Å². The Bertz CT molecular complexity index is 197. The normalized spacial score (nSPS) is 13.8. The average molecular weight is 227 g/mol. The second-order valence-electron chi connectivity index (χ2n) is 5.76. The molecule has 0 spiro atoms. The first-order valence-corrected chi connectivity index (χ1v) is 6.64. The molecule has 0 aromatic rings. The third kappa shape index (κ3) is 7.00. The fraction of sp³-hybridized carbons (Fsp3) is 0.929. The molecular formula is C14H29NO. The molecule has 0 fully saturated rings. The minimum absolute atomic E-state index is 0.0544. The Labute approximate surface area is 101 Å². The van der Waals surface area contributed by atoms with E-state index in [0.29, 0.717) is 11.8 Å². The first-order valence-electron chi connectivity index (χ1n) is 6.64. The number of Topliss-reactive ketones (excluding diaryl/α,β-unsaturated/α-hetero) is 1. The van der Waals surface area contributed by atoms with Gasteiger partial charge in [0.2, 0.25) is 0 Å². The zero-order valence-corrected chi connectivity index (χ0v) is 11.8. The highest BCUT2D eigenvalue weighted by Gasteiger charge is 2.21. The van der Waals surface area contributed by atoms with Crippen molar-refractivity contribution in [2.45, 2.75) is 72.9 Å². The maximum atomic E-state index is 12.0. The molecule has 1 unspecified atom stereocenters. The molecule has 96 valence electrons. The first kappa shape index (κ1) is 15.6. The lowest BCUT2D eigenvalue weighted by Crippen LogP contribution is -2.42. The molecule has 2 heteroatoms. The van der Waals surface area contributed by atoms with Crippen LogP contribution in [-0.2, 0) is 4.79 Å². The first-order chi connectivity index (χ1) is 7.34. The van der Waals surface area contributed by atoms with Gasteiger partial charge in [-0.25, -0.2) is 0 Å². The summed E-state index contributed by atoms with van der Waals surface area (Å²) in [6, 6.07) is 0.436. The number of carbonyl (C=O) groups is 1. The second kappa shape index (κ2) is 7.83. The van der Waals surface area contributed by atoms with Crippen molar-refractivity contribution in [1.29, 1.82) is 0 Å². The standard InChI is InChI=1S/C14H29NO/c1-10(2)8-7-9-13(15-12(5)6)14(16)11(3)4/h10-13,15H,7-9H2,1-6H3. The van der Waals surface area contributed by atoms with Crippen LogP contribution in [0, 0.1) is 11.8 Å². The van der Waals surface area contributed by atoms with Gasteiger partial charge in [-0.1, -0.05) is 54.4 Å². The molecule has 2 nitrogen and oxygen atoms in total. The van der Waals surface area contributed by atoms with Gasteiger partial charge in [-0.3, -0.25) is 4.79 Å². The minimum Gasteiger partial charge on any atom is -0.305 e. The molecule has 1 atom stereocenters. The summed E-state index contributed by atoms with van der Waals surface area (Å²) in [5.74, 6) is 1.22. The van der Waals surface area contributed by atoms with E-state index < -0.39 is 0 Å². The number of ketones is 1. The molecule has 0 rings (SSSR count). The summed E-state index contributed by atoms with van der Waals surface area (Å²) in [7, 11) is 0. The quantitative estimate of drug-likeness (QED) is 0.688. The lowest BCUT2D eigenvalue weighted by molar-refractivity contribution is -0.124. The van der Waals surface area contributed by atoms with E-state index in [0.717, 1.165) is 18.8 Å². The Kier molecular flexibility index (Phi) is 7.65. The van der Waals surface area contributed by atoms with Gasteiger partial charge in [0, 0.05) is 12.0 Å². The number of nitrogens with one attached hydrogen (secondary N) is 1. The van der Waals surface area contributed by atoms with E-state index in [9.17, 15) is 4.79 Å². The van der Waals surface area contributed by atoms with Crippen LogP contribution in [0.4, 0.5) is 0 Å². The third-order valence-electron chi connectivity index (χ3n) is 2.72. The fourth-order valence-electron chi connectivity index (χ4n) is 1.84. The largest absolute Gasteiger partial charge is 0.305 e. The van der Waals surface area contributed by atoms with Crippen LogP contribution >= 0.6 is 0 Å². The van der Waals surface area contributed by atoms with E-state index in [1.807, 2.05) is 13.8 Å². The molecule has 0 heterocycles. The van der Waals surface area contributed by atoms with Crippen LogP contribution in [0.3, 0.4) is 0 Å². The molecule has 0 aliphatic rings. The molecule has 1 N–H and O–H groups in total. The number of rotatable bonds is 8. The Morgan fingerprint density at radius 2 is 1.56 bits per heavy atom. The second-order valence-corrected chi connectivity index (χ2v) is 5.76. The Balaban J connectivity index is 4.15. The number of hydrogen-bond acceptors (Lipinski definition) is 2. The van der Waals surface area contributed by atoms with E-state index in [1.54, 1.807) is 0 Å². The van der Waals surface area contributed by atoms with Gasteiger partial charge >= 0.3 is 0 Å². The van der Waals surface area contributed by atoms with E-state index in [4.69, 9.17) is 0 Å². The van der Waals surface area contributed by atoms with Crippen LogP contribution < -0.4 is 5.32 Å². The van der Waals surface area contributed by atoms with Crippen molar-refractivity contribution in [2.24, 2.45) is 11.8 Å². The van der Waals surface area contributed by atoms with Crippen LogP contribution in [0.5, 0.6) is 0 Å². The summed E-state index contributed by atoms with van der Waals surface area (Å²) in [5, 5.41) is 3.39. The molecule has 0 amide bonds. The maximum absolute atomic E-state index is 12.0. The molecule has 0 aromatic carbocycles. The third-order valence-corrected chi connectivity index (χ3v) is 2.72. The van der Waals surface area contributed by atoms with Gasteiger partial charge in [-0.15, -0.1) is 0 Å². The van der Waals surface area contributed by atoms with Gasteiger partial charge in [0.15, 0.2) is 5.78 Å². The molecule has 0 aliphatic heterocycles. The Hall–Kier alpha value is -0.370. The van der Waals surface area contributed by atoms with E-state index in [1.165, 1.54) is 6.42 Å². The van der Waals surface area contributed by atoms with Crippen LogP contribution in [0.15, 0.2) is 0 Å². The van der Waals surface area contributed by atoms with Crippen molar-refractivity contribution < 1.29 is 4.79 Å². The summed E-state index contributed by atoms with van der Waals surface area (Å²) in [6.45, 7) is 12.6. The molecule has 0 saturated heterocycles. The van der Waals surface area contributed by atoms with Crippen LogP contribution in [0.1, 0.15) is 60.8 Å². The predicted octanol–water partition coefficient (Wildman–Crippen LogP) is 3.40. The SMILES string of the molecule is CC(C)CCCC(NC(C)C)C(=O)C(C)C. The van der Waals surface area contributed by atoms with E-state index in [-0.39, 0.29) is 12.0 Å². The summed E-state index contributed by atoms with van der Waals surface area (Å²) >= 11 is 0. The zero-order valence-electron chi connectivity index (χ0n) is 11.8. The fourth-order valence-corrected chi connectivity index (χ4v) is 1.84. The van der Waals surface area contributed by atoms with Crippen molar-refractivity contribution >= 4 is 5.78 Å². The highest BCUT2D eigenvalue weighted by molar-refractivity contribution is 5.85. The van der Waals surface area contributed by atoms with Gasteiger partial charge in [0.25, 0.3) is 0 Å². The smallest absolute Gasteiger partial charge is 0.152 e. The monoisotopic (exact) mass is 227 g/mol. The summed E-state index contributed by atoms with van der Waals surface area (Å²) < 4.78 is 0. The predicted molar refractivity (Wildman–Crippen MR) is 70.6 cm³/mol. The van der Waals surface area contributed by atoms with Gasteiger partial charge < -0.3 is 5.32 Å². The van der Waals surface area contributed by atoms with Crippen molar-refractivity contribution in [3.8, 4) is 0 Å². The Morgan fingerprint density at radius 3 is 1.94 bits per heavy atom. The number of hydrogen-bond donors (Lipinski definition) is 1. The minimum atomic E-state index is 0.0544. The highest BCUT2D eigenvalue weighted by Crippen LogP contribution is 2.12. The van der Waals surface area contributed by atoms with Gasteiger partial charge in [0.1, 0.15) is 0 Å². The lowest BCUT2D eigenvalue weighted by Gasteiger charge is -2.22. The molecule has 0 aromatic heterocycles. The molecule has 16 heavy (non-hydrogen) atoms. The van der Waals surface area contributed by atoms with Gasteiger partial charge in [-0.05, 0) is 12.3 Å². The summed E-state index contributed by atoms with van der Waals surface area (Å²) in [4.78, 5) is 12.0. The van der Waals surface area contributed by atoms with Gasteiger partial charge in [-0.2, -0.15) is 0 Å². The van der Waals surface area contributed by atoms with Gasteiger partial charge in [0.05, 0.1) is 6.04 Å². The number of carbonyl (C=O) groups excluding carboxylic acids is 1. The Morgan fingerprint density at radius 1 is 1.00 bits per heavy atom. The topological polar surface area (TPSA) is 29.1 Å². The maximum Gasteiger partial charge on any atom is 0.152 e. The van der Waals surface area contributed by atoms with Crippen molar-refractivity contribution in [1.82, 2.24) is 5.32 Å². The molecule has 0 radical (unpaired) electrons. The molecule has 0 bridgehead atoms. The summed E-state index contributed by atoms with van der Waals surface area (Å²) in [5.41, 5.74) is 0. The van der Waals surface area contributed by atoms with Crippen molar-refractivity contribution in [3.05, 3.63) is 0 Å². The summed E-state index contributed by atoms with van der Waals surface area (Å²) in [6.07, 6.45) is 3.33. The zero-order chi connectivity index (χ0) is 12.7.